The molecule has 1 aliphatic rings. The van der Waals surface area contributed by atoms with Crippen LogP contribution in [0.3, 0.4) is 0 Å². The van der Waals surface area contributed by atoms with Crippen molar-refractivity contribution in [3.05, 3.63) is 82.4 Å². The van der Waals surface area contributed by atoms with Gasteiger partial charge in [-0.05, 0) is 42.9 Å². The van der Waals surface area contributed by atoms with Crippen molar-refractivity contribution in [1.82, 2.24) is 15.2 Å². The molecule has 0 aliphatic carbocycles. The molecular formula is C21H20N4O4S. The fourth-order valence-corrected chi connectivity index (χ4v) is 3.97. The van der Waals surface area contributed by atoms with Crippen molar-refractivity contribution in [1.29, 1.82) is 0 Å². The Kier molecular flexibility index (Phi) is 5.73. The van der Waals surface area contributed by atoms with Gasteiger partial charge in [-0.3, -0.25) is 15.1 Å². The third-order valence-electron chi connectivity index (χ3n) is 5.01. The summed E-state index contributed by atoms with van der Waals surface area (Å²) in [6.07, 6.45) is 2.29. The number of furan rings is 1. The first kappa shape index (κ1) is 20.0. The highest BCUT2D eigenvalue weighted by molar-refractivity contribution is 7.80. The van der Waals surface area contributed by atoms with Crippen molar-refractivity contribution in [3.63, 3.8) is 0 Å². The van der Waals surface area contributed by atoms with E-state index in [1.54, 1.807) is 24.4 Å². The standard InChI is InChI=1S/C21H20N4O4S/c26-12-4-11-24-20(19(23-21(24)30)16-7-1-2-10-22-16)18-9-8-17(29-18)14-5-3-6-15(13-14)25(27)28/h1-3,5-10,13,19-20,26H,4,11-12H2,(H,23,30). The number of nitrogens with one attached hydrogen (secondary N) is 1. The minimum absolute atomic E-state index is 0.00472. The zero-order chi connectivity index (χ0) is 21.1. The molecular weight excluding hydrogens is 404 g/mol. The van der Waals surface area contributed by atoms with E-state index >= 15 is 0 Å². The van der Waals surface area contributed by atoms with E-state index in [2.05, 4.69) is 10.3 Å². The largest absolute Gasteiger partial charge is 0.459 e. The van der Waals surface area contributed by atoms with E-state index in [0.29, 0.717) is 35.2 Å². The summed E-state index contributed by atoms with van der Waals surface area (Å²) in [6, 6.07) is 15.2. The molecule has 8 nitrogen and oxygen atoms in total. The van der Waals surface area contributed by atoms with Gasteiger partial charge in [-0.25, -0.2) is 0 Å². The number of hydrogen-bond acceptors (Lipinski definition) is 6. The van der Waals surface area contributed by atoms with Gasteiger partial charge < -0.3 is 19.7 Å². The number of non-ortho nitro benzene ring substituents is 1. The van der Waals surface area contributed by atoms with Crippen LogP contribution < -0.4 is 5.32 Å². The second-order valence-corrected chi connectivity index (χ2v) is 7.29. The highest BCUT2D eigenvalue weighted by Gasteiger charge is 2.41. The first-order chi connectivity index (χ1) is 14.6. The Morgan fingerprint density at radius 1 is 1.23 bits per heavy atom. The second kappa shape index (κ2) is 8.60. The van der Waals surface area contributed by atoms with Gasteiger partial charge in [-0.2, -0.15) is 0 Å². The third-order valence-corrected chi connectivity index (χ3v) is 5.37. The highest BCUT2D eigenvalue weighted by atomic mass is 32.1. The summed E-state index contributed by atoms with van der Waals surface area (Å²) in [6.45, 7) is 0.611. The maximum absolute atomic E-state index is 11.1. The number of aromatic nitrogens is 1. The molecule has 9 heteroatoms. The number of rotatable bonds is 7. The molecule has 1 saturated heterocycles. The number of hydrogen-bond donors (Lipinski definition) is 2. The van der Waals surface area contributed by atoms with Crippen LogP contribution in [0.25, 0.3) is 11.3 Å². The predicted octanol–water partition coefficient (Wildman–Crippen LogP) is 3.60. The molecule has 0 bridgehead atoms. The molecule has 2 N–H and O–H groups in total. The van der Waals surface area contributed by atoms with Crippen molar-refractivity contribution >= 4 is 23.0 Å². The summed E-state index contributed by atoms with van der Waals surface area (Å²) in [5.74, 6) is 1.20. The van der Waals surface area contributed by atoms with Crippen LogP contribution in [0.5, 0.6) is 0 Å². The van der Waals surface area contributed by atoms with Crippen LogP contribution in [0, 0.1) is 10.1 Å². The molecule has 0 saturated carbocycles. The number of nitro benzene ring substituents is 1. The predicted molar refractivity (Wildman–Crippen MR) is 115 cm³/mol. The van der Waals surface area contributed by atoms with Crippen LogP contribution in [-0.2, 0) is 0 Å². The van der Waals surface area contributed by atoms with Gasteiger partial charge in [0.05, 0.1) is 16.7 Å². The van der Waals surface area contributed by atoms with Gasteiger partial charge in [0.15, 0.2) is 5.11 Å². The molecule has 30 heavy (non-hydrogen) atoms. The number of aliphatic hydroxyl groups is 1. The SMILES string of the molecule is O=[N+]([O-])c1cccc(-c2ccc(C3C(c4ccccn4)NC(=S)N3CCCO)o2)c1. The van der Waals surface area contributed by atoms with Gasteiger partial charge in [0.2, 0.25) is 0 Å². The number of aliphatic hydroxyl groups excluding tert-OH is 1. The lowest BCUT2D eigenvalue weighted by Crippen LogP contribution is -2.30. The Morgan fingerprint density at radius 2 is 2.10 bits per heavy atom. The first-order valence-corrected chi connectivity index (χ1v) is 9.93. The molecule has 0 radical (unpaired) electrons. The summed E-state index contributed by atoms with van der Waals surface area (Å²) in [5, 5.41) is 24.3. The topological polar surface area (TPSA) is 105 Å². The molecule has 154 valence electrons. The summed E-state index contributed by atoms with van der Waals surface area (Å²) in [7, 11) is 0. The van der Waals surface area contributed by atoms with Crippen molar-refractivity contribution in [2.75, 3.05) is 13.2 Å². The minimum atomic E-state index is -0.430. The van der Waals surface area contributed by atoms with E-state index in [1.165, 1.54) is 12.1 Å². The van der Waals surface area contributed by atoms with Gasteiger partial charge in [0, 0.05) is 37.0 Å². The smallest absolute Gasteiger partial charge is 0.270 e. The molecule has 2 unspecified atom stereocenters. The maximum Gasteiger partial charge on any atom is 0.270 e. The fourth-order valence-electron chi connectivity index (χ4n) is 3.64. The van der Waals surface area contributed by atoms with E-state index in [1.807, 2.05) is 29.2 Å². The Labute approximate surface area is 178 Å². The van der Waals surface area contributed by atoms with Gasteiger partial charge in [0.1, 0.15) is 17.6 Å². The van der Waals surface area contributed by atoms with Crippen molar-refractivity contribution in [2.45, 2.75) is 18.5 Å². The van der Waals surface area contributed by atoms with E-state index in [0.717, 1.165) is 5.69 Å². The molecule has 2 atom stereocenters. The monoisotopic (exact) mass is 424 g/mol. The van der Waals surface area contributed by atoms with Crippen LogP contribution in [0.1, 0.15) is 30.0 Å². The summed E-state index contributed by atoms with van der Waals surface area (Å²) in [4.78, 5) is 17.1. The maximum atomic E-state index is 11.1. The van der Waals surface area contributed by atoms with Crippen molar-refractivity contribution in [2.24, 2.45) is 0 Å². The highest BCUT2D eigenvalue weighted by Crippen LogP contribution is 2.40. The number of pyridine rings is 1. The Balaban J connectivity index is 1.71. The van der Waals surface area contributed by atoms with Gasteiger partial charge >= 0.3 is 0 Å². The third kappa shape index (κ3) is 3.89. The van der Waals surface area contributed by atoms with Crippen molar-refractivity contribution < 1.29 is 14.4 Å². The van der Waals surface area contributed by atoms with E-state index in [-0.39, 0.29) is 24.4 Å². The van der Waals surface area contributed by atoms with Crippen molar-refractivity contribution in [3.8, 4) is 11.3 Å². The van der Waals surface area contributed by atoms with E-state index in [9.17, 15) is 15.2 Å². The molecule has 0 amide bonds. The molecule has 3 heterocycles. The lowest BCUT2D eigenvalue weighted by Gasteiger charge is -2.25. The molecule has 2 aromatic heterocycles. The van der Waals surface area contributed by atoms with Crippen LogP contribution in [-0.4, -0.2) is 38.2 Å². The second-order valence-electron chi connectivity index (χ2n) is 6.91. The summed E-state index contributed by atoms with van der Waals surface area (Å²) in [5.41, 5.74) is 1.45. The normalized spacial score (nSPS) is 18.4. The Morgan fingerprint density at radius 3 is 2.83 bits per heavy atom. The van der Waals surface area contributed by atoms with Crippen LogP contribution in [0.2, 0.25) is 0 Å². The van der Waals surface area contributed by atoms with Gasteiger partial charge in [0.25, 0.3) is 5.69 Å². The van der Waals surface area contributed by atoms with Crippen LogP contribution >= 0.6 is 12.2 Å². The summed E-state index contributed by atoms with van der Waals surface area (Å²) < 4.78 is 6.14. The molecule has 1 fully saturated rings. The molecule has 3 aromatic rings. The number of nitro groups is 1. The van der Waals surface area contributed by atoms with Crippen LogP contribution in [0.4, 0.5) is 5.69 Å². The number of nitrogens with zero attached hydrogens (tertiary/aromatic N) is 3. The zero-order valence-corrected chi connectivity index (χ0v) is 16.8. The lowest BCUT2D eigenvalue weighted by molar-refractivity contribution is -0.384. The van der Waals surface area contributed by atoms with Crippen LogP contribution in [0.15, 0.2) is 65.2 Å². The lowest BCUT2D eigenvalue weighted by atomic mass is 10.0. The Hall–Kier alpha value is -3.30. The number of benzene rings is 1. The number of thiocarbonyl (C=S) groups is 1. The fraction of sp³-hybridized carbons (Fsp3) is 0.238. The Bertz CT molecular complexity index is 1060. The molecule has 0 spiro atoms. The minimum Gasteiger partial charge on any atom is -0.459 e. The summed E-state index contributed by atoms with van der Waals surface area (Å²) >= 11 is 5.54. The molecule has 4 rings (SSSR count). The molecule has 1 aliphatic heterocycles. The first-order valence-electron chi connectivity index (χ1n) is 9.52. The quantitative estimate of drug-likeness (QED) is 0.337. The van der Waals surface area contributed by atoms with E-state index < -0.39 is 4.92 Å². The van der Waals surface area contributed by atoms with Gasteiger partial charge in [-0.1, -0.05) is 18.2 Å². The average molecular weight is 424 g/mol. The molecule has 1 aromatic carbocycles. The van der Waals surface area contributed by atoms with Gasteiger partial charge in [-0.15, -0.1) is 0 Å². The average Bonchev–Trinajstić information content (AvgIpc) is 3.37. The zero-order valence-electron chi connectivity index (χ0n) is 16.0. The van der Waals surface area contributed by atoms with E-state index in [4.69, 9.17) is 16.6 Å².